The SMILES string of the molecule is CCCNc1nc(OC)nc(-c2csc(C)c2)n1. The first-order valence-electron chi connectivity index (χ1n) is 5.82. The van der Waals surface area contributed by atoms with Crippen LogP contribution in [0, 0.1) is 6.92 Å². The molecular formula is C12H16N4OS. The van der Waals surface area contributed by atoms with Crippen molar-refractivity contribution in [3.8, 4) is 17.4 Å². The van der Waals surface area contributed by atoms with Crippen molar-refractivity contribution in [2.45, 2.75) is 20.3 Å². The zero-order chi connectivity index (χ0) is 13.0. The van der Waals surface area contributed by atoms with Crippen molar-refractivity contribution >= 4 is 17.3 Å². The molecule has 2 rings (SSSR count). The van der Waals surface area contributed by atoms with Crippen molar-refractivity contribution in [2.24, 2.45) is 0 Å². The number of nitrogens with zero attached hydrogens (tertiary/aromatic N) is 3. The molecule has 5 nitrogen and oxygen atoms in total. The highest BCUT2D eigenvalue weighted by molar-refractivity contribution is 7.10. The Kier molecular flexibility index (Phi) is 4.09. The van der Waals surface area contributed by atoms with E-state index in [4.69, 9.17) is 4.74 Å². The van der Waals surface area contributed by atoms with Crippen molar-refractivity contribution in [3.05, 3.63) is 16.3 Å². The van der Waals surface area contributed by atoms with Crippen LogP contribution >= 0.6 is 11.3 Å². The van der Waals surface area contributed by atoms with Gasteiger partial charge >= 0.3 is 6.01 Å². The van der Waals surface area contributed by atoms with Gasteiger partial charge in [0.2, 0.25) is 5.95 Å². The lowest BCUT2D eigenvalue weighted by Gasteiger charge is -2.06. The smallest absolute Gasteiger partial charge is 0.321 e. The van der Waals surface area contributed by atoms with Crippen LogP contribution in [-0.2, 0) is 0 Å². The Balaban J connectivity index is 2.34. The second-order valence-corrected chi connectivity index (χ2v) is 4.96. The van der Waals surface area contributed by atoms with Gasteiger partial charge in [-0.3, -0.25) is 0 Å². The first kappa shape index (κ1) is 12.8. The van der Waals surface area contributed by atoms with Crippen LogP contribution in [0.2, 0.25) is 0 Å². The summed E-state index contributed by atoms with van der Waals surface area (Å²) in [6, 6.07) is 2.39. The van der Waals surface area contributed by atoms with Gasteiger partial charge in [0, 0.05) is 22.4 Å². The van der Waals surface area contributed by atoms with E-state index in [1.807, 2.05) is 5.38 Å². The standard InChI is InChI=1S/C12H16N4OS/c1-4-5-13-11-14-10(15-12(16-11)17-3)9-6-8(2)18-7-9/h6-7H,4-5H2,1-3H3,(H,13,14,15,16). The normalized spacial score (nSPS) is 10.4. The molecule has 0 aliphatic heterocycles. The molecule has 0 spiro atoms. The molecule has 1 N–H and O–H groups in total. The third kappa shape index (κ3) is 2.95. The molecule has 0 atom stereocenters. The lowest BCUT2D eigenvalue weighted by Crippen LogP contribution is -2.07. The van der Waals surface area contributed by atoms with Gasteiger partial charge in [0.15, 0.2) is 5.82 Å². The third-order valence-electron chi connectivity index (χ3n) is 2.32. The number of thiophene rings is 1. The van der Waals surface area contributed by atoms with E-state index in [2.05, 4.69) is 40.2 Å². The number of hydrogen-bond acceptors (Lipinski definition) is 6. The summed E-state index contributed by atoms with van der Waals surface area (Å²) in [5, 5.41) is 5.18. The Morgan fingerprint density at radius 1 is 1.33 bits per heavy atom. The molecule has 0 saturated carbocycles. The summed E-state index contributed by atoms with van der Waals surface area (Å²) < 4.78 is 5.10. The van der Waals surface area contributed by atoms with Crippen LogP contribution in [0.4, 0.5) is 5.95 Å². The lowest BCUT2D eigenvalue weighted by atomic mass is 10.3. The Morgan fingerprint density at radius 3 is 2.78 bits per heavy atom. The van der Waals surface area contributed by atoms with Crippen LogP contribution in [0.15, 0.2) is 11.4 Å². The van der Waals surface area contributed by atoms with Gasteiger partial charge in [-0.25, -0.2) is 0 Å². The molecule has 0 fully saturated rings. The van der Waals surface area contributed by atoms with Crippen LogP contribution in [0.5, 0.6) is 6.01 Å². The summed E-state index contributed by atoms with van der Waals surface area (Å²) in [7, 11) is 1.56. The molecule has 0 bridgehead atoms. The van der Waals surface area contributed by atoms with Crippen LogP contribution in [0.3, 0.4) is 0 Å². The van der Waals surface area contributed by atoms with E-state index in [0.717, 1.165) is 18.5 Å². The van der Waals surface area contributed by atoms with Gasteiger partial charge in [-0.1, -0.05) is 6.92 Å². The van der Waals surface area contributed by atoms with Crippen molar-refractivity contribution in [1.82, 2.24) is 15.0 Å². The van der Waals surface area contributed by atoms with Gasteiger partial charge < -0.3 is 10.1 Å². The van der Waals surface area contributed by atoms with E-state index in [9.17, 15) is 0 Å². The number of hydrogen-bond donors (Lipinski definition) is 1. The zero-order valence-corrected chi connectivity index (χ0v) is 11.5. The number of rotatable bonds is 5. The molecule has 2 aromatic heterocycles. The van der Waals surface area contributed by atoms with Crippen LogP contribution < -0.4 is 10.1 Å². The van der Waals surface area contributed by atoms with Gasteiger partial charge in [-0.05, 0) is 19.4 Å². The predicted molar refractivity (Wildman–Crippen MR) is 73.2 cm³/mol. The Bertz CT molecular complexity index is 527. The van der Waals surface area contributed by atoms with Gasteiger partial charge in [0.25, 0.3) is 0 Å². The summed E-state index contributed by atoms with van der Waals surface area (Å²) in [6.07, 6.45) is 1.01. The topological polar surface area (TPSA) is 59.9 Å². The van der Waals surface area contributed by atoms with E-state index < -0.39 is 0 Å². The largest absolute Gasteiger partial charge is 0.467 e. The second kappa shape index (κ2) is 5.77. The molecule has 0 aliphatic carbocycles. The summed E-state index contributed by atoms with van der Waals surface area (Å²) in [4.78, 5) is 14.1. The molecule has 0 aromatic carbocycles. The number of nitrogens with one attached hydrogen (secondary N) is 1. The summed E-state index contributed by atoms with van der Waals surface area (Å²) >= 11 is 1.67. The zero-order valence-electron chi connectivity index (χ0n) is 10.7. The Morgan fingerprint density at radius 2 is 2.17 bits per heavy atom. The quantitative estimate of drug-likeness (QED) is 0.899. The van der Waals surface area contributed by atoms with Crippen molar-refractivity contribution < 1.29 is 4.74 Å². The minimum atomic E-state index is 0.336. The molecule has 2 heterocycles. The van der Waals surface area contributed by atoms with Crippen molar-refractivity contribution in [2.75, 3.05) is 19.0 Å². The van der Waals surface area contributed by atoms with Gasteiger partial charge in [-0.2, -0.15) is 15.0 Å². The molecule has 0 unspecified atom stereocenters. The first-order valence-corrected chi connectivity index (χ1v) is 6.70. The monoisotopic (exact) mass is 264 g/mol. The fraction of sp³-hybridized carbons (Fsp3) is 0.417. The molecule has 0 amide bonds. The first-order chi connectivity index (χ1) is 8.72. The van der Waals surface area contributed by atoms with Gasteiger partial charge in [0.1, 0.15) is 0 Å². The van der Waals surface area contributed by atoms with Crippen LogP contribution in [0.1, 0.15) is 18.2 Å². The average molecular weight is 264 g/mol. The van der Waals surface area contributed by atoms with E-state index >= 15 is 0 Å². The maximum absolute atomic E-state index is 5.10. The predicted octanol–water partition coefficient (Wildman–Crippen LogP) is 2.74. The summed E-state index contributed by atoms with van der Waals surface area (Å²) in [6.45, 7) is 4.98. The summed E-state index contributed by atoms with van der Waals surface area (Å²) in [5.74, 6) is 1.20. The van der Waals surface area contributed by atoms with E-state index in [-0.39, 0.29) is 0 Å². The number of anilines is 1. The molecular weight excluding hydrogens is 248 g/mol. The average Bonchev–Trinajstić information content (AvgIpc) is 2.82. The molecule has 2 aromatic rings. The Labute approximate surface area is 110 Å². The van der Waals surface area contributed by atoms with E-state index in [1.165, 1.54) is 4.88 Å². The van der Waals surface area contributed by atoms with Crippen molar-refractivity contribution in [1.29, 1.82) is 0 Å². The Hall–Kier alpha value is -1.69. The maximum Gasteiger partial charge on any atom is 0.321 e. The fourth-order valence-electron chi connectivity index (χ4n) is 1.45. The van der Waals surface area contributed by atoms with E-state index in [1.54, 1.807) is 18.4 Å². The fourth-order valence-corrected chi connectivity index (χ4v) is 2.13. The molecule has 0 aliphatic rings. The minimum Gasteiger partial charge on any atom is -0.467 e. The van der Waals surface area contributed by atoms with Crippen molar-refractivity contribution in [3.63, 3.8) is 0 Å². The van der Waals surface area contributed by atoms with Crippen LogP contribution in [-0.4, -0.2) is 28.6 Å². The molecule has 6 heteroatoms. The van der Waals surface area contributed by atoms with Gasteiger partial charge in [-0.15, -0.1) is 11.3 Å². The maximum atomic E-state index is 5.10. The lowest BCUT2D eigenvalue weighted by molar-refractivity contribution is 0.379. The van der Waals surface area contributed by atoms with Crippen LogP contribution in [0.25, 0.3) is 11.4 Å². The third-order valence-corrected chi connectivity index (χ3v) is 3.18. The second-order valence-electron chi connectivity index (χ2n) is 3.84. The highest BCUT2D eigenvalue weighted by Crippen LogP contribution is 2.24. The number of methoxy groups -OCH3 is 1. The molecule has 0 saturated heterocycles. The molecule has 0 radical (unpaired) electrons. The molecule has 96 valence electrons. The number of ether oxygens (including phenoxy) is 1. The van der Waals surface area contributed by atoms with Gasteiger partial charge in [0.05, 0.1) is 7.11 Å². The number of aromatic nitrogens is 3. The number of aryl methyl sites for hydroxylation is 1. The minimum absolute atomic E-state index is 0.336. The highest BCUT2D eigenvalue weighted by atomic mass is 32.1. The molecule has 18 heavy (non-hydrogen) atoms. The summed E-state index contributed by atoms with van der Waals surface area (Å²) in [5.41, 5.74) is 0.998. The van der Waals surface area contributed by atoms with E-state index in [0.29, 0.717) is 17.8 Å². The highest BCUT2D eigenvalue weighted by Gasteiger charge is 2.09.